The molecule has 0 aliphatic carbocycles. The third-order valence-corrected chi connectivity index (χ3v) is 3.39. The van der Waals surface area contributed by atoms with Gasteiger partial charge in [-0.3, -0.25) is 9.59 Å². The number of anilines is 1. The van der Waals surface area contributed by atoms with Crippen LogP contribution in [0.25, 0.3) is 0 Å². The summed E-state index contributed by atoms with van der Waals surface area (Å²) in [6.07, 6.45) is 2.98. The van der Waals surface area contributed by atoms with Crippen molar-refractivity contribution >= 4 is 17.6 Å². The molecular formula is C15H17N5O2. The van der Waals surface area contributed by atoms with E-state index in [2.05, 4.69) is 10.3 Å². The summed E-state index contributed by atoms with van der Waals surface area (Å²) in [4.78, 5) is 30.9. The number of hydrogen-bond donors (Lipinski definition) is 1. The molecule has 2 heterocycles. The molecule has 0 atom stereocenters. The number of nitrogens with zero attached hydrogens (tertiary/aromatic N) is 4. The lowest BCUT2D eigenvalue weighted by Crippen LogP contribution is -2.50. The van der Waals surface area contributed by atoms with Crippen molar-refractivity contribution in [3.05, 3.63) is 36.2 Å². The number of piperazine rings is 1. The highest BCUT2D eigenvalue weighted by atomic mass is 16.2. The number of rotatable bonds is 3. The number of pyridine rings is 1. The molecular weight excluding hydrogens is 282 g/mol. The molecule has 0 aromatic carbocycles. The Morgan fingerprint density at radius 1 is 1.27 bits per heavy atom. The summed E-state index contributed by atoms with van der Waals surface area (Å²) in [5, 5.41) is 12.0. The largest absolute Gasteiger partial charge is 0.345 e. The zero-order valence-corrected chi connectivity index (χ0v) is 12.3. The summed E-state index contributed by atoms with van der Waals surface area (Å²) in [5.41, 5.74) is 0.0157. The standard InChI is InChI=1S/C15H17N5O2/c1-12(21)19-6-8-20(9-7-19)15(22)13(10-16)11-18-14-4-2-3-5-17-14/h2-5,11H,6-9H2,1H3,(H,17,18)/b13-11-. The fraction of sp³-hybridized carbons (Fsp3) is 0.333. The maximum atomic E-state index is 12.3. The monoisotopic (exact) mass is 299 g/mol. The zero-order valence-electron chi connectivity index (χ0n) is 12.3. The van der Waals surface area contributed by atoms with Gasteiger partial charge in [-0.1, -0.05) is 6.07 Å². The topological polar surface area (TPSA) is 89.3 Å². The Morgan fingerprint density at radius 3 is 2.50 bits per heavy atom. The van der Waals surface area contributed by atoms with Gasteiger partial charge in [0, 0.05) is 45.5 Å². The van der Waals surface area contributed by atoms with Gasteiger partial charge in [0.05, 0.1) is 0 Å². The van der Waals surface area contributed by atoms with Crippen molar-refractivity contribution in [3.63, 3.8) is 0 Å². The van der Waals surface area contributed by atoms with E-state index in [1.54, 1.807) is 34.2 Å². The molecule has 7 heteroatoms. The molecule has 0 bridgehead atoms. The Morgan fingerprint density at radius 2 is 1.95 bits per heavy atom. The van der Waals surface area contributed by atoms with Crippen LogP contribution in [0.5, 0.6) is 0 Å². The second-order valence-electron chi connectivity index (χ2n) is 4.83. The fourth-order valence-electron chi connectivity index (χ4n) is 2.13. The Balaban J connectivity index is 1.98. The molecule has 1 aliphatic heterocycles. The molecule has 0 radical (unpaired) electrons. The van der Waals surface area contributed by atoms with Gasteiger partial charge in [-0.25, -0.2) is 4.98 Å². The molecule has 1 aromatic heterocycles. The maximum Gasteiger partial charge on any atom is 0.266 e. The van der Waals surface area contributed by atoms with Gasteiger partial charge in [-0.2, -0.15) is 5.26 Å². The number of aromatic nitrogens is 1. The van der Waals surface area contributed by atoms with Crippen molar-refractivity contribution in [2.45, 2.75) is 6.92 Å². The highest BCUT2D eigenvalue weighted by molar-refractivity contribution is 5.97. The number of carbonyl (C=O) groups is 2. The van der Waals surface area contributed by atoms with Crippen molar-refractivity contribution in [3.8, 4) is 6.07 Å². The average molecular weight is 299 g/mol. The van der Waals surface area contributed by atoms with Gasteiger partial charge < -0.3 is 15.1 Å². The molecule has 1 aromatic rings. The highest BCUT2D eigenvalue weighted by Crippen LogP contribution is 2.08. The van der Waals surface area contributed by atoms with E-state index in [-0.39, 0.29) is 17.4 Å². The number of nitriles is 1. The number of amides is 2. The molecule has 1 fully saturated rings. The zero-order chi connectivity index (χ0) is 15.9. The summed E-state index contributed by atoms with van der Waals surface area (Å²) < 4.78 is 0. The van der Waals surface area contributed by atoms with Crippen LogP contribution in [0.1, 0.15) is 6.92 Å². The molecule has 0 spiro atoms. The Bertz CT molecular complexity index is 613. The molecule has 114 valence electrons. The third kappa shape index (κ3) is 3.82. The molecule has 1 aliphatic rings. The van der Waals surface area contributed by atoms with Gasteiger partial charge in [0.25, 0.3) is 5.91 Å². The van der Waals surface area contributed by atoms with Crippen LogP contribution in [0.3, 0.4) is 0 Å². The molecule has 1 saturated heterocycles. The smallest absolute Gasteiger partial charge is 0.266 e. The van der Waals surface area contributed by atoms with Gasteiger partial charge in [-0.15, -0.1) is 0 Å². The SMILES string of the molecule is CC(=O)N1CCN(C(=O)/C(C#N)=C\Nc2ccccn2)CC1. The predicted molar refractivity (Wildman–Crippen MR) is 80.4 cm³/mol. The minimum absolute atomic E-state index is 0.0000311. The fourth-order valence-corrected chi connectivity index (χ4v) is 2.13. The summed E-state index contributed by atoms with van der Waals surface area (Å²) in [6, 6.07) is 7.22. The molecule has 0 unspecified atom stereocenters. The second kappa shape index (κ2) is 7.22. The van der Waals surface area contributed by atoms with E-state index in [0.29, 0.717) is 32.0 Å². The molecule has 2 amide bonds. The number of nitrogens with one attached hydrogen (secondary N) is 1. The van der Waals surface area contributed by atoms with Crippen LogP contribution in [0, 0.1) is 11.3 Å². The Kier molecular flexibility index (Phi) is 5.09. The van der Waals surface area contributed by atoms with Crippen LogP contribution in [-0.2, 0) is 9.59 Å². The molecule has 1 N–H and O–H groups in total. The maximum absolute atomic E-state index is 12.3. The minimum atomic E-state index is -0.339. The predicted octanol–water partition coefficient (Wildman–Crippen LogP) is 0.592. The van der Waals surface area contributed by atoms with Crippen molar-refractivity contribution in [1.29, 1.82) is 5.26 Å². The third-order valence-electron chi connectivity index (χ3n) is 3.39. The molecule has 22 heavy (non-hydrogen) atoms. The van der Waals surface area contributed by atoms with Crippen molar-refractivity contribution in [2.75, 3.05) is 31.5 Å². The van der Waals surface area contributed by atoms with Crippen molar-refractivity contribution in [1.82, 2.24) is 14.8 Å². The lowest BCUT2D eigenvalue weighted by Gasteiger charge is -2.34. The van der Waals surface area contributed by atoms with E-state index in [1.165, 1.54) is 13.1 Å². The van der Waals surface area contributed by atoms with Crippen LogP contribution in [-0.4, -0.2) is 52.8 Å². The van der Waals surface area contributed by atoms with Crippen LogP contribution < -0.4 is 5.32 Å². The van der Waals surface area contributed by atoms with E-state index in [9.17, 15) is 9.59 Å². The molecule has 2 rings (SSSR count). The summed E-state index contributed by atoms with van der Waals surface area (Å²) in [7, 11) is 0. The van der Waals surface area contributed by atoms with Gasteiger partial charge in [0.15, 0.2) is 0 Å². The first kappa shape index (κ1) is 15.5. The summed E-state index contributed by atoms with van der Waals surface area (Å²) >= 11 is 0. The van der Waals surface area contributed by atoms with E-state index >= 15 is 0 Å². The lowest BCUT2D eigenvalue weighted by molar-refractivity contribution is -0.136. The normalized spacial score (nSPS) is 15.2. The van der Waals surface area contributed by atoms with E-state index in [1.807, 2.05) is 6.07 Å². The molecule has 0 saturated carbocycles. The van der Waals surface area contributed by atoms with Crippen LogP contribution in [0.4, 0.5) is 5.82 Å². The van der Waals surface area contributed by atoms with Crippen molar-refractivity contribution in [2.24, 2.45) is 0 Å². The lowest BCUT2D eigenvalue weighted by atomic mass is 10.2. The van der Waals surface area contributed by atoms with E-state index in [0.717, 1.165) is 0 Å². The Labute approximate surface area is 128 Å². The highest BCUT2D eigenvalue weighted by Gasteiger charge is 2.24. The van der Waals surface area contributed by atoms with Gasteiger partial charge in [0.1, 0.15) is 17.5 Å². The number of hydrogen-bond acceptors (Lipinski definition) is 5. The van der Waals surface area contributed by atoms with E-state index < -0.39 is 0 Å². The first-order valence-corrected chi connectivity index (χ1v) is 6.94. The second-order valence-corrected chi connectivity index (χ2v) is 4.83. The molecule has 7 nitrogen and oxygen atoms in total. The van der Waals surface area contributed by atoms with Gasteiger partial charge in [0.2, 0.25) is 5.91 Å². The summed E-state index contributed by atoms with van der Waals surface area (Å²) in [6.45, 7) is 3.36. The summed E-state index contributed by atoms with van der Waals surface area (Å²) in [5.74, 6) is 0.221. The van der Waals surface area contributed by atoms with Crippen LogP contribution in [0.15, 0.2) is 36.2 Å². The quantitative estimate of drug-likeness (QED) is 0.652. The average Bonchev–Trinajstić information content (AvgIpc) is 2.56. The Hall–Kier alpha value is -2.88. The minimum Gasteiger partial charge on any atom is -0.345 e. The number of carbonyl (C=O) groups excluding carboxylic acids is 2. The van der Waals surface area contributed by atoms with Crippen LogP contribution >= 0.6 is 0 Å². The van der Waals surface area contributed by atoms with Gasteiger partial charge >= 0.3 is 0 Å². The van der Waals surface area contributed by atoms with Crippen molar-refractivity contribution < 1.29 is 9.59 Å². The van der Waals surface area contributed by atoms with E-state index in [4.69, 9.17) is 5.26 Å². The first-order valence-electron chi connectivity index (χ1n) is 6.94. The van der Waals surface area contributed by atoms with Crippen LogP contribution in [0.2, 0.25) is 0 Å². The van der Waals surface area contributed by atoms with Gasteiger partial charge in [-0.05, 0) is 12.1 Å². The first-order chi connectivity index (χ1) is 10.6.